The van der Waals surface area contributed by atoms with Crippen LogP contribution in [0.2, 0.25) is 5.02 Å². The molecule has 0 unspecified atom stereocenters. The highest BCUT2D eigenvalue weighted by Gasteiger charge is 2.13. The van der Waals surface area contributed by atoms with E-state index in [2.05, 4.69) is 38.7 Å². The molecular formula is C17H29ClN2. The largest absolute Gasteiger partial charge is 0.371 e. The summed E-state index contributed by atoms with van der Waals surface area (Å²) in [6, 6.07) is 6.10. The third-order valence-corrected chi connectivity index (χ3v) is 3.95. The second-order valence-electron chi connectivity index (χ2n) is 6.29. The third kappa shape index (κ3) is 5.34. The highest BCUT2D eigenvalue weighted by Crippen LogP contribution is 2.28. The monoisotopic (exact) mass is 296 g/mol. The molecule has 0 saturated carbocycles. The smallest absolute Gasteiger partial charge is 0.0471 e. The van der Waals surface area contributed by atoms with Crippen molar-refractivity contribution in [1.29, 1.82) is 0 Å². The first kappa shape index (κ1) is 17.3. The van der Waals surface area contributed by atoms with Crippen molar-refractivity contribution in [3.8, 4) is 0 Å². The van der Waals surface area contributed by atoms with Crippen molar-refractivity contribution < 1.29 is 0 Å². The van der Waals surface area contributed by atoms with Crippen LogP contribution in [-0.2, 0) is 6.54 Å². The summed E-state index contributed by atoms with van der Waals surface area (Å²) in [6.07, 6.45) is 2.38. The zero-order valence-electron chi connectivity index (χ0n) is 13.3. The summed E-state index contributed by atoms with van der Waals surface area (Å²) in [5, 5.41) is 0.782. The first-order chi connectivity index (χ1) is 9.45. The van der Waals surface area contributed by atoms with Crippen molar-refractivity contribution in [2.75, 3.05) is 18.0 Å². The number of benzene rings is 1. The van der Waals surface area contributed by atoms with Crippen LogP contribution in [0.1, 0.15) is 46.1 Å². The Morgan fingerprint density at radius 2 is 1.60 bits per heavy atom. The minimum atomic E-state index is 0.495. The molecule has 0 spiro atoms. The molecule has 1 aromatic carbocycles. The quantitative estimate of drug-likeness (QED) is 0.753. The Balaban J connectivity index is 2.93. The zero-order chi connectivity index (χ0) is 15.1. The number of rotatable bonds is 8. The molecule has 0 atom stereocenters. The van der Waals surface area contributed by atoms with E-state index in [1.54, 1.807) is 0 Å². The number of hydrogen-bond acceptors (Lipinski definition) is 2. The summed E-state index contributed by atoms with van der Waals surface area (Å²) in [7, 11) is 0. The highest BCUT2D eigenvalue weighted by atomic mass is 35.5. The van der Waals surface area contributed by atoms with Crippen LogP contribution in [0.25, 0.3) is 0 Å². The molecule has 0 aliphatic carbocycles. The number of nitrogens with two attached hydrogens (primary N) is 1. The summed E-state index contributed by atoms with van der Waals surface area (Å²) >= 11 is 6.29. The highest BCUT2D eigenvalue weighted by molar-refractivity contribution is 6.31. The summed E-state index contributed by atoms with van der Waals surface area (Å²) < 4.78 is 0. The average molecular weight is 297 g/mol. The van der Waals surface area contributed by atoms with Crippen LogP contribution in [0, 0.1) is 11.8 Å². The lowest BCUT2D eigenvalue weighted by Gasteiger charge is -2.29. The third-order valence-electron chi connectivity index (χ3n) is 3.59. The van der Waals surface area contributed by atoms with Gasteiger partial charge < -0.3 is 10.6 Å². The molecule has 0 aliphatic rings. The Bertz CT molecular complexity index is 390. The average Bonchev–Trinajstić information content (AvgIpc) is 2.38. The van der Waals surface area contributed by atoms with E-state index in [0.717, 1.165) is 23.7 Å². The van der Waals surface area contributed by atoms with Gasteiger partial charge in [-0.2, -0.15) is 0 Å². The topological polar surface area (TPSA) is 29.3 Å². The van der Waals surface area contributed by atoms with Gasteiger partial charge in [0.1, 0.15) is 0 Å². The molecule has 0 radical (unpaired) electrons. The maximum atomic E-state index is 6.29. The van der Waals surface area contributed by atoms with Gasteiger partial charge in [0, 0.05) is 35.9 Å². The lowest BCUT2D eigenvalue weighted by molar-refractivity contribution is 0.534. The number of nitrogens with zero attached hydrogens (tertiary/aromatic N) is 1. The van der Waals surface area contributed by atoms with Crippen molar-refractivity contribution in [3.63, 3.8) is 0 Å². The number of halogens is 1. The molecule has 0 aliphatic heterocycles. The second-order valence-corrected chi connectivity index (χ2v) is 6.70. The van der Waals surface area contributed by atoms with Gasteiger partial charge in [0.2, 0.25) is 0 Å². The molecule has 1 aromatic rings. The molecule has 114 valence electrons. The molecule has 0 amide bonds. The molecule has 20 heavy (non-hydrogen) atoms. The molecule has 1 rings (SSSR count). The molecule has 0 heterocycles. The van der Waals surface area contributed by atoms with Gasteiger partial charge in [0.15, 0.2) is 0 Å². The lowest BCUT2D eigenvalue weighted by Crippen LogP contribution is -2.29. The molecule has 3 heteroatoms. The van der Waals surface area contributed by atoms with Gasteiger partial charge in [0.05, 0.1) is 0 Å². The van der Waals surface area contributed by atoms with Crippen LogP contribution in [0.5, 0.6) is 0 Å². The SMILES string of the molecule is CC(C)CCN(CCC(C)C)c1cccc(Cl)c1CN. The maximum Gasteiger partial charge on any atom is 0.0471 e. The lowest BCUT2D eigenvalue weighted by atomic mass is 10.1. The molecule has 0 bridgehead atoms. The Morgan fingerprint density at radius 1 is 1.05 bits per heavy atom. The van der Waals surface area contributed by atoms with Crippen molar-refractivity contribution in [1.82, 2.24) is 0 Å². The Labute approximate surface area is 129 Å². The van der Waals surface area contributed by atoms with Crippen molar-refractivity contribution >= 4 is 17.3 Å². The first-order valence-electron chi connectivity index (χ1n) is 7.68. The van der Waals surface area contributed by atoms with Crippen molar-refractivity contribution in [2.24, 2.45) is 17.6 Å². The van der Waals surface area contributed by atoms with Crippen LogP contribution in [0.3, 0.4) is 0 Å². The van der Waals surface area contributed by atoms with E-state index in [1.807, 2.05) is 12.1 Å². The minimum Gasteiger partial charge on any atom is -0.371 e. The van der Waals surface area contributed by atoms with Crippen LogP contribution in [0.15, 0.2) is 18.2 Å². The van der Waals surface area contributed by atoms with Crippen LogP contribution in [0.4, 0.5) is 5.69 Å². The Kier molecular flexibility index (Phi) is 7.39. The maximum absolute atomic E-state index is 6.29. The molecule has 2 nitrogen and oxygen atoms in total. The summed E-state index contributed by atoms with van der Waals surface area (Å²) in [4.78, 5) is 2.45. The molecule has 0 saturated heterocycles. The van der Waals surface area contributed by atoms with Gasteiger partial charge in [-0.15, -0.1) is 0 Å². The van der Waals surface area contributed by atoms with E-state index in [1.165, 1.54) is 18.5 Å². The van der Waals surface area contributed by atoms with E-state index in [-0.39, 0.29) is 0 Å². The van der Waals surface area contributed by atoms with Gasteiger partial charge in [-0.05, 0) is 36.8 Å². The van der Waals surface area contributed by atoms with Crippen molar-refractivity contribution in [3.05, 3.63) is 28.8 Å². The fourth-order valence-electron chi connectivity index (χ4n) is 2.23. The van der Waals surface area contributed by atoms with Gasteiger partial charge in [0.25, 0.3) is 0 Å². The fourth-order valence-corrected chi connectivity index (χ4v) is 2.47. The van der Waals surface area contributed by atoms with E-state index >= 15 is 0 Å². The van der Waals surface area contributed by atoms with E-state index in [4.69, 9.17) is 17.3 Å². The van der Waals surface area contributed by atoms with Gasteiger partial charge in [-0.1, -0.05) is 45.4 Å². The summed E-state index contributed by atoms with van der Waals surface area (Å²) in [5.41, 5.74) is 8.17. The Hall–Kier alpha value is -0.730. The van der Waals surface area contributed by atoms with Crippen LogP contribution < -0.4 is 10.6 Å². The van der Waals surface area contributed by atoms with Crippen LogP contribution >= 0.6 is 11.6 Å². The van der Waals surface area contributed by atoms with E-state index in [0.29, 0.717) is 18.4 Å². The standard InChI is InChI=1S/C17H29ClN2/c1-13(2)8-10-20(11-9-14(3)4)17-7-5-6-16(18)15(17)12-19/h5-7,13-14H,8-12,19H2,1-4H3. The molecule has 0 fully saturated rings. The fraction of sp³-hybridized carbons (Fsp3) is 0.647. The van der Waals surface area contributed by atoms with Crippen molar-refractivity contribution in [2.45, 2.75) is 47.1 Å². The predicted octanol–water partition coefficient (Wildman–Crippen LogP) is 4.70. The number of anilines is 1. The molecule has 2 N–H and O–H groups in total. The van der Waals surface area contributed by atoms with Crippen LogP contribution in [-0.4, -0.2) is 13.1 Å². The van der Waals surface area contributed by atoms with Gasteiger partial charge in [-0.3, -0.25) is 0 Å². The van der Waals surface area contributed by atoms with E-state index in [9.17, 15) is 0 Å². The molecule has 0 aromatic heterocycles. The zero-order valence-corrected chi connectivity index (χ0v) is 14.1. The van der Waals surface area contributed by atoms with Gasteiger partial charge in [-0.25, -0.2) is 0 Å². The second kappa shape index (κ2) is 8.53. The Morgan fingerprint density at radius 3 is 2.05 bits per heavy atom. The summed E-state index contributed by atoms with van der Waals surface area (Å²) in [6.45, 7) is 11.7. The first-order valence-corrected chi connectivity index (χ1v) is 8.05. The summed E-state index contributed by atoms with van der Waals surface area (Å²) in [5.74, 6) is 1.41. The van der Waals surface area contributed by atoms with E-state index < -0.39 is 0 Å². The molecular weight excluding hydrogens is 268 g/mol. The minimum absolute atomic E-state index is 0.495. The number of hydrogen-bond donors (Lipinski definition) is 1. The normalized spacial score (nSPS) is 11.4. The van der Waals surface area contributed by atoms with Gasteiger partial charge >= 0.3 is 0 Å². The predicted molar refractivity (Wildman–Crippen MR) is 90.5 cm³/mol.